The maximum absolute atomic E-state index is 6.20. The summed E-state index contributed by atoms with van der Waals surface area (Å²) in [4.78, 5) is 0. The van der Waals surface area contributed by atoms with Crippen LogP contribution < -0.4 is 10.1 Å². The molecule has 1 N–H and O–H groups in total. The van der Waals surface area contributed by atoms with E-state index < -0.39 is 0 Å². The number of aromatic nitrogens is 4. The van der Waals surface area contributed by atoms with Crippen molar-refractivity contribution in [2.75, 3.05) is 5.32 Å². The summed E-state index contributed by atoms with van der Waals surface area (Å²) in [5.74, 6) is 1.29. The Bertz CT molecular complexity index is 866. The van der Waals surface area contributed by atoms with Crippen LogP contribution in [0.25, 0.3) is 0 Å². The highest BCUT2D eigenvalue weighted by molar-refractivity contribution is 9.10. The van der Waals surface area contributed by atoms with Crippen LogP contribution in [0.1, 0.15) is 11.1 Å². The Morgan fingerprint density at radius 3 is 2.64 bits per heavy atom. The molecule has 0 saturated heterocycles. The molecule has 0 aliphatic carbocycles. The Hall–Kier alpha value is -1.83. The van der Waals surface area contributed by atoms with E-state index in [1.165, 1.54) is 0 Å². The minimum Gasteiger partial charge on any atom is -0.488 e. The van der Waals surface area contributed by atoms with Gasteiger partial charge in [0, 0.05) is 39.2 Å². The quantitative estimate of drug-likeness (QED) is 0.610. The predicted octanol–water partition coefficient (Wildman–Crippen LogP) is 4.47. The van der Waals surface area contributed by atoms with Crippen LogP contribution in [0, 0.1) is 0 Å². The first-order valence-electron chi connectivity index (χ1n) is 7.35. The van der Waals surface area contributed by atoms with E-state index in [1.807, 2.05) is 18.2 Å². The molecule has 130 valence electrons. The van der Waals surface area contributed by atoms with Crippen molar-refractivity contribution in [1.82, 2.24) is 20.2 Å². The number of halogens is 3. The molecular weight excluding hydrogens is 429 g/mol. The molecule has 25 heavy (non-hydrogen) atoms. The van der Waals surface area contributed by atoms with Gasteiger partial charge < -0.3 is 10.1 Å². The number of anilines is 1. The van der Waals surface area contributed by atoms with E-state index in [0.717, 1.165) is 21.3 Å². The third-order valence-corrected chi connectivity index (χ3v) is 4.71. The van der Waals surface area contributed by atoms with E-state index in [9.17, 15) is 0 Å². The summed E-state index contributed by atoms with van der Waals surface area (Å²) in [5, 5.41) is 15.6. The number of hydrogen-bond donors (Lipinski definition) is 1. The Balaban J connectivity index is 1.76. The molecule has 2 aromatic carbocycles. The SMILES string of the molecule is Cn1nnnc1NCc1cc(Br)ccc1OCc1c(Cl)cccc1Cl. The van der Waals surface area contributed by atoms with Gasteiger partial charge in [0.15, 0.2) is 0 Å². The van der Waals surface area contributed by atoms with E-state index in [4.69, 9.17) is 27.9 Å². The number of rotatable bonds is 6. The molecule has 0 fully saturated rings. The van der Waals surface area contributed by atoms with Gasteiger partial charge in [0.05, 0.1) is 0 Å². The molecule has 1 aromatic heterocycles. The maximum atomic E-state index is 6.20. The molecular formula is C16H14BrCl2N5O. The average molecular weight is 443 g/mol. The van der Waals surface area contributed by atoms with Gasteiger partial charge in [0.25, 0.3) is 0 Å². The van der Waals surface area contributed by atoms with Gasteiger partial charge in [-0.25, -0.2) is 4.68 Å². The highest BCUT2D eigenvalue weighted by Crippen LogP contribution is 2.28. The number of nitrogens with one attached hydrogen (secondary N) is 1. The molecule has 0 saturated carbocycles. The number of nitrogens with zero attached hydrogens (tertiary/aromatic N) is 4. The van der Waals surface area contributed by atoms with E-state index in [1.54, 1.807) is 29.9 Å². The minimum atomic E-state index is 0.276. The van der Waals surface area contributed by atoms with Crippen molar-refractivity contribution in [2.24, 2.45) is 7.05 Å². The van der Waals surface area contributed by atoms with Crippen molar-refractivity contribution in [3.8, 4) is 5.75 Å². The summed E-state index contributed by atoms with van der Waals surface area (Å²) >= 11 is 15.9. The zero-order valence-corrected chi connectivity index (χ0v) is 16.3. The maximum Gasteiger partial charge on any atom is 0.242 e. The fourth-order valence-corrected chi connectivity index (χ4v) is 3.12. The van der Waals surface area contributed by atoms with Gasteiger partial charge in [0.1, 0.15) is 12.4 Å². The van der Waals surface area contributed by atoms with Gasteiger partial charge in [-0.3, -0.25) is 0 Å². The molecule has 0 bridgehead atoms. The summed E-state index contributed by atoms with van der Waals surface area (Å²) in [6.45, 7) is 0.776. The van der Waals surface area contributed by atoms with E-state index >= 15 is 0 Å². The van der Waals surface area contributed by atoms with Crippen LogP contribution in [-0.4, -0.2) is 20.2 Å². The molecule has 9 heteroatoms. The third kappa shape index (κ3) is 4.42. The molecule has 0 spiro atoms. The second-order valence-corrected chi connectivity index (χ2v) is 6.95. The molecule has 3 rings (SSSR count). The fourth-order valence-electron chi connectivity index (χ4n) is 2.20. The summed E-state index contributed by atoms with van der Waals surface area (Å²) < 4.78 is 8.46. The van der Waals surface area contributed by atoms with Crippen LogP contribution in [-0.2, 0) is 20.2 Å². The molecule has 0 amide bonds. The monoisotopic (exact) mass is 441 g/mol. The summed E-state index contributed by atoms with van der Waals surface area (Å²) in [6.07, 6.45) is 0. The molecule has 0 atom stereocenters. The second kappa shape index (κ2) is 8.03. The molecule has 3 aromatic rings. The normalized spacial score (nSPS) is 10.7. The van der Waals surface area contributed by atoms with Crippen LogP contribution in [0.3, 0.4) is 0 Å². The zero-order valence-electron chi connectivity index (χ0n) is 13.2. The molecule has 0 unspecified atom stereocenters. The first-order valence-corrected chi connectivity index (χ1v) is 8.90. The van der Waals surface area contributed by atoms with Crippen LogP contribution in [0.15, 0.2) is 40.9 Å². The predicted molar refractivity (Wildman–Crippen MR) is 101 cm³/mol. The van der Waals surface area contributed by atoms with Crippen molar-refractivity contribution < 1.29 is 4.74 Å². The minimum absolute atomic E-state index is 0.276. The van der Waals surface area contributed by atoms with Gasteiger partial charge in [-0.05, 0) is 40.8 Å². The number of tetrazole rings is 1. The lowest BCUT2D eigenvalue weighted by molar-refractivity contribution is 0.303. The lowest BCUT2D eigenvalue weighted by Gasteiger charge is -2.14. The highest BCUT2D eigenvalue weighted by Gasteiger charge is 2.10. The molecule has 1 heterocycles. The lowest BCUT2D eigenvalue weighted by Crippen LogP contribution is -2.08. The number of ether oxygens (including phenoxy) is 1. The standard InChI is InChI=1S/C16H14BrCl2N5O/c1-24-16(21-22-23-24)20-8-10-7-11(17)5-6-15(10)25-9-12-13(18)3-2-4-14(12)19/h2-7H,8-9H2,1H3,(H,20,21,23). The van der Waals surface area contributed by atoms with Crippen molar-refractivity contribution >= 4 is 45.1 Å². The number of benzene rings is 2. The second-order valence-electron chi connectivity index (χ2n) is 5.22. The molecule has 0 aliphatic heterocycles. The summed E-state index contributed by atoms with van der Waals surface area (Å²) in [7, 11) is 1.76. The first-order chi connectivity index (χ1) is 12.0. The van der Waals surface area contributed by atoms with Crippen molar-refractivity contribution in [1.29, 1.82) is 0 Å². The number of aryl methyl sites for hydroxylation is 1. The largest absolute Gasteiger partial charge is 0.488 e. The lowest BCUT2D eigenvalue weighted by atomic mass is 10.2. The van der Waals surface area contributed by atoms with Crippen LogP contribution in [0.2, 0.25) is 10.0 Å². The smallest absolute Gasteiger partial charge is 0.242 e. The zero-order chi connectivity index (χ0) is 17.8. The van der Waals surface area contributed by atoms with Crippen molar-refractivity contribution in [2.45, 2.75) is 13.2 Å². The van der Waals surface area contributed by atoms with E-state index in [2.05, 4.69) is 36.8 Å². The van der Waals surface area contributed by atoms with E-state index in [0.29, 0.717) is 22.5 Å². The van der Waals surface area contributed by atoms with Gasteiger partial charge in [-0.15, -0.1) is 0 Å². The van der Waals surface area contributed by atoms with Gasteiger partial charge in [-0.1, -0.05) is 50.3 Å². The van der Waals surface area contributed by atoms with Crippen LogP contribution in [0.4, 0.5) is 5.95 Å². The Morgan fingerprint density at radius 1 is 1.20 bits per heavy atom. The van der Waals surface area contributed by atoms with Gasteiger partial charge in [-0.2, -0.15) is 0 Å². The van der Waals surface area contributed by atoms with Crippen molar-refractivity contribution in [3.05, 3.63) is 62.0 Å². The van der Waals surface area contributed by atoms with Crippen LogP contribution in [0.5, 0.6) is 5.75 Å². The first kappa shape index (κ1) is 18.0. The summed E-state index contributed by atoms with van der Waals surface area (Å²) in [6, 6.07) is 11.2. The Labute approximate surface area is 163 Å². The fraction of sp³-hybridized carbons (Fsp3) is 0.188. The average Bonchev–Trinajstić information content (AvgIpc) is 2.99. The highest BCUT2D eigenvalue weighted by atomic mass is 79.9. The topological polar surface area (TPSA) is 64.9 Å². The van der Waals surface area contributed by atoms with Gasteiger partial charge >= 0.3 is 0 Å². The summed E-state index contributed by atoms with van der Waals surface area (Å²) in [5.41, 5.74) is 1.70. The Morgan fingerprint density at radius 2 is 1.96 bits per heavy atom. The van der Waals surface area contributed by atoms with Crippen molar-refractivity contribution in [3.63, 3.8) is 0 Å². The van der Waals surface area contributed by atoms with Crippen LogP contribution >= 0.6 is 39.1 Å². The van der Waals surface area contributed by atoms with Gasteiger partial charge in [0.2, 0.25) is 5.95 Å². The molecule has 0 aliphatic rings. The molecule has 6 nitrogen and oxygen atoms in total. The third-order valence-electron chi connectivity index (χ3n) is 3.51. The Kier molecular flexibility index (Phi) is 5.78. The number of hydrogen-bond acceptors (Lipinski definition) is 5. The molecule has 0 radical (unpaired) electrons. The van der Waals surface area contributed by atoms with E-state index in [-0.39, 0.29) is 6.61 Å².